The Balaban J connectivity index is 2.67. The Hall–Kier alpha value is -2.30. The Morgan fingerprint density at radius 1 is 1.17 bits per heavy atom. The number of nitrogen functional groups attached to an aromatic ring is 1. The molecule has 0 aliphatic heterocycles. The van der Waals surface area contributed by atoms with E-state index < -0.39 is 44.9 Å². The molecule has 0 unspecified atom stereocenters. The standard InChI is InChI=1S/C13H8F6N2O2S/c1-23-11(22)6-2-7(12(14,15)16)5(3-8(6)20)10-21-4-9(24-10)13(17,18)19/h2-4H,20H2,1H3. The molecule has 0 saturated heterocycles. The second-order valence-corrected chi connectivity index (χ2v) is 5.53. The number of rotatable bonds is 2. The number of ether oxygens (including phenoxy) is 1. The number of thiazole rings is 1. The van der Waals surface area contributed by atoms with Gasteiger partial charge in [-0.25, -0.2) is 9.78 Å². The first-order valence-corrected chi connectivity index (χ1v) is 6.89. The van der Waals surface area contributed by atoms with Crippen molar-refractivity contribution in [2.45, 2.75) is 12.4 Å². The number of halogens is 6. The molecule has 4 nitrogen and oxygen atoms in total. The van der Waals surface area contributed by atoms with Crippen molar-refractivity contribution in [2.24, 2.45) is 0 Å². The molecule has 130 valence electrons. The van der Waals surface area contributed by atoms with Crippen LogP contribution in [0, 0.1) is 0 Å². The van der Waals surface area contributed by atoms with Crippen molar-refractivity contribution in [1.82, 2.24) is 4.98 Å². The lowest BCUT2D eigenvalue weighted by molar-refractivity contribution is -0.137. The van der Waals surface area contributed by atoms with Crippen LogP contribution in [0.2, 0.25) is 0 Å². The summed E-state index contributed by atoms with van der Waals surface area (Å²) in [5.41, 5.74) is 2.64. The number of alkyl halides is 6. The van der Waals surface area contributed by atoms with E-state index in [0.717, 1.165) is 13.2 Å². The summed E-state index contributed by atoms with van der Waals surface area (Å²) in [6.07, 6.45) is -9.23. The van der Waals surface area contributed by atoms with Crippen LogP contribution in [0.1, 0.15) is 20.8 Å². The number of hydrogen-bond acceptors (Lipinski definition) is 5. The molecule has 11 heteroatoms. The summed E-state index contributed by atoms with van der Waals surface area (Å²) in [5.74, 6) is -1.10. The molecule has 0 fully saturated rings. The molecular formula is C13H8F6N2O2S. The topological polar surface area (TPSA) is 65.2 Å². The van der Waals surface area contributed by atoms with Crippen molar-refractivity contribution in [3.8, 4) is 10.6 Å². The molecule has 24 heavy (non-hydrogen) atoms. The number of esters is 1. The largest absolute Gasteiger partial charge is 0.465 e. The van der Waals surface area contributed by atoms with Gasteiger partial charge in [0.15, 0.2) is 0 Å². The predicted molar refractivity (Wildman–Crippen MR) is 73.3 cm³/mol. The molecule has 1 aromatic heterocycles. The van der Waals surface area contributed by atoms with Gasteiger partial charge in [-0.2, -0.15) is 26.3 Å². The number of nitrogens with two attached hydrogens (primary N) is 1. The average molecular weight is 370 g/mol. The number of methoxy groups -OCH3 is 1. The lowest BCUT2D eigenvalue weighted by Crippen LogP contribution is -2.13. The van der Waals surface area contributed by atoms with Crippen molar-refractivity contribution in [3.05, 3.63) is 34.3 Å². The van der Waals surface area contributed by atoms with E-state index in [1.807, 2.05) is 0 Å². The highest BCUT2D eigenvalue weighted by atomic mass is 32.1. The number of benzene rings is 1. The highest BCUT2D eigenvalue weighted by Gasteiger charge is 2.38. The summed E-state index contributed by atoms with van der Waals surface area (Å²) < 4.78 is 81.8. The van der Waals surface area contributed by atoms with Crippen LogP contribution in [-0.2, 0) is 17.1 Å². The molecule has 2 rings (SSSR count). The third-order valence-electron chi connectivity index (χ3n) is 2.92. The first-order chi connectivity index (χ1) is 10.9. The summed E-state index contributed by atoms with van der Waals surface area (Å²) in [5, 5.41) is -0.516. The number of anilines is 1. The van der Waals surface area contributed by atoms with Crippen molar-refractivity contribution in [2.75, 3.05) is 12.8 Å². The molecule has 1 heterocycles. The van der Waals surface area contributed by atoms with Gasteiger partial charge >= 0.3 is 18.3 Å². The quantitative estimate of drug-likeness (QED) is 0.489. The van der Waals surface area contributed by atoms with Crippen LogP contribution in [0.5, 0.6) is 0 Å². The molecule has 0 radical (unpaired) electrons. The van der Waals surface area contributed by atoms with Crippen LogP contribution < -0.4 is 5.73 Å². The third kappa shape index (κ3) is 3.45. The van der Waals surface area contributed by atoms with Crippen LogP contribution in [0.3, 0.4) is 0 Å². The maximum Gasteiger partial charge on any atom is 0.427 e. The molecule has 0 aliphatic rings. The maximum atomic E-state index is 13.2. The van der Waals surface area contributed by atoms with E-state index in [-0.39, 0.29) is 17.0 Å². The van der Waals surface area contributed by atoms with Crippen molar-refractivity contribution in [1.29, 1.82) is 0 Å². The summed E-state index contributed by atoms with van der Waals surface area (Å²) in [4.78, 5) is 13.7. The fourth-order valence-electron chi connectivity index (χ4n) is 1.84. The Bertz CT molecular complexity index is 782. The smallest absolute Gasteiger partial charge is 0.427 e. The molecule has 2 N–H and O–H groups in total. The molecule has 0 spiro atoms. The van der Waals surface area contributed by atoms with Gasteiger partial charge < -0.3 is 10.5 Å². The third-order valence-corrected chi connectivity index (χ3v) is 3.99. The van der Waals surface area contributed by atoms with Crippen molar-refractivity contribution >= 4 is 23.0 Å². The molecule has 1 aromatic carbocycles. The minimum absolute atomic E-state index is 0.0441. The minimum Gasteiger partial charge on any atom is -0.465 e. The molecule has 0 atom stereocenters. The second-order valence-electron chi connectivity index (χ2n) is 4.50. The first-order valence-electron chi connectivity index (χ1n) is 6.07. The van der Waals surface area contributed by atoms with E-state index >= 15 is 0 Å². The lowest BCUT2D eigenvalue weighted by Gasteiger charge is -2.14. The average Bonchev–Trinajstić information content (AvgIpc) is 2.94. The molecular weight excluding hydrogens is 362 g/mol. The molecule has 0 amide bonds. The number of hydrogen-bond donors (Lipinski definition) is 1. The zero-order chi connectivity index (χ0) is 18.3. The van der Waals surface area contributed by atoms with Crippen LogP contribution in [0.15, 0.2) is 18.3 Å². The van der Waals surface area contributed by atoms with E-state index in [2.05, 4.69) is 9.72 Å². The number of carbonyl (C=O) groups excluding carboxylic acids is 1. The van der Waals surface area contributed by atoms with Crippen LogP contribution in [0.4, 0.5) is 32.0 Å². The predicted octanol–water partition coefficient (Wildman–Crippen LogP) is 4.22. The van der Waals surface area contributed by atoms with E-state index in [0.29, 0.717) is 12.3 Å². The van der Waals surface area contributed by atoms with Crippen LogP contribution in [-0.4, -0.2) is 18.1 Å². The van der Waals surface area contributed by atoms with E-state index in [1.54, 1.807) is 0 Å². The Morgan fingerprint density at radius 2 is 1.79 bits per heavy atom. The summed E-state index contributed by atoms with van der Waals surface area (Å²) in [7, 11) is 0.958. The number of nitrogens with zero attached hydrogens (tertiary/aromatic N) is 1. The number of carbonyl (C=O) groups is 1. The zero-order valence-electron chi connectivity index (χ0n) is 11.7. The van der Waals surface area contributed by atoms with Gasteiger partial charge in [0.2, 0.25) is 0 Å². The minimum atomic E-state index is -4.93. The Kier molecular flexibility index (Phi) is 4.48. The zero-order valence-corrected chi connectivity index (χ0v) is 12.6. The van der Waals surface area contributed by atoms with E-state index in [9.17, 15) is 31.1 Å². The molecule has 0 saturated carbocycles. The number of aromatic nitrogens is 1. The SMILES string of the molecule is COC(=O)c1cc(C(F)(F)F)c(-c2ncc(C(F)(F)F)s2)cc1N. The van der Waals surface area contributed by atoms with Gasteiger partial charge in [0.05, 0.1) is 24.4 Å². The highest BCUT2D eigenvalue weighted by Crippen LogP contribution is 2.43. The second kappa shape index (κ2) is 5.96. The molecule has 2 aromatic rings. The van der Waals surface area contributed by atoms with E-state index in [4.69, 9.17) is 5.73 Å². The fourth-order valence-corrected chi connectivity index (χ4v) is 2.66. The van der Waals surface area contributed by atoms with Gasteiger partial charge in [-0.05, 0) is 12.1 Å². The normalized spacial score (nSPS) is 12.3. The van der Waals surface area contributed by atoms with Gasteiger partial charge in [0.1, 0.15) is 9.88 Å². The van der Waals surface area contributed by atoms with Crippen LogP contribution >= 0.6 is 11.3 Å². The summed E-state index contributed by atoms with van der Waals surface area (Å²) in [6, 6.07) is 1.19. The van der Waals surface area contributed by atoms with Crippen molar-refractivity contribution < 1.29 is 35.9 Å². The highest BCUT2D eigenvalue weighted by molar-refractivity contribution is 7.15. The first kappa shape index (κ1) is 18.0. The monoisotopic (exact) mass is 370 g/mol. The van der Waals surface area contributed by atoms with Crippen molar-refractivity contribution in [3.63, 3.8) is 0 Å². The van der Waals surface area contributed by atoms with Crippen LogP contribution in [0.25, 0.3) is 10.6 Å². The van der Waals surface area contributed by atoms with Gasteiger partial charge in [-0.15, -0.1) is 11.3 Å². The Labute approximate surface area is 134 Å². The van der Waals surface area contributed by atoms with Gasteiger partial charge in [0.25, 0.3) is 0 Å². The van der Waals surface area contributed by atoms with Gasteiger partial charge in [-0.3, -0.25) is 0 Å². The molecule has 0 bridgehead atoms. The van der Waals surface area contributed by atoms with Gasteiger partial charge in [0, 0.05) is 11.3 Å². The summed E-state index contributed by atoms with van der Waals surface area (Å²) in [6.45, 7) is 0. The molecule has 0 aliphatic carbocycles. The maximum absolute atomic E-state index is 13.2. The lowest BCUT2D eigenvalue weighted by atomic mass is 10.0. The van der Waals surface area contributed by atoms with Gasteiger partial charge in [-0.1, -0.05) is 0 Å². The van der Waals surface area contributed by atoms with E-state index in [1.165, 1.54) is 0 Å². The Morgan fingerprint density at radius 3 is 2.25 bits per heavy atom. The summed E-state index contributed by atoms with van der Waals surface area (Å²) >= 11 is 0.0441. The fraction of sp³-hybridized carbons (Fsp3) is 0.231.